The maximum atomic E-state index is 12.8. The summed E-state index contributed by atoms with van der Waals surface area (Å²) < 4.78 is 0. The van der Waals surface area contributed by atoms with Crippen molar-refractivity contribution in [1.82, 2.24) is 4.90 Å². The number of hydrogen-bond acceptors (Lipinski definition) is 5. The number of aliphatic hydroxyl groups excluding tert-OH is 2. The van der Waals surface area contributed by atoms with Crippen molar-refractivity contribution in [3.63, 3.8) is 0 Å². The van der Waals surface area contributed by atoms with Crippen molar-refractivity contribution in [2.75, 3.05) is 13.7 Å². The molecule has 3 N–H and O–H groups in total. The highest BCUT2D eigenvalue weighted by Crippen LogP contribution is 2.47. The van der Waals surface area contributed by atoms with Gasteiger partial charge in [-0.1, -0.05) is 43.9 Å². The van der Waals surface area contributed by atoms with Gasteiger partial charge in [0.25, 0.3) is 0 Å². The topological polar surface area (TPSA) is 98.1 Å². The Morgan fingerprint density at radius 3 is 2.34 bits per heavy atom. The minimum Gasteiger partial charge on any atom is -0.507 e. The van der Waals surface area contributed by atoms with Gasteiger partial charge in [0.05, 0.1) is 24.5 Å². The van der Waals surface area contributed by atoms with Crippen LogP contribution in [-0.4, -0.2) is 51.8 Å². The smallest absolute Gasteiger partial charge is 0.233 e. The fraction of sp³-hybridized carbons (Fsp3) is 0.586. The van der Waals surface area contributed by atoms with Crippen molar-refractivity contribution in [3.05, 3.63) is 45.5 Å². The van der Waals surface area contributed by atoms with Gasteiger partial charge < -0.3 is 15.3 Å². The maximum Gasteiger partial charge on any atom is 0.233 e. The summed E-state index contributed by atoms with van der Waals surface area (Å²) >= 11 is 0. The summed E-state index contributed by atoms with van der Waals surface area (Å²) in [4.78, 5) is 26.7. The molecule has 2 aliphatic rings. The van der Waals surface area contributed by atoms with Crippen molar-refractivity contribution >= 4 is 17.9 Å². The predicted octanol–water partition coefficient (Wildman–Crippen LogP) is 4.67. The van der Waals surface area contributed by atoms with Gasteiger partial charge in [-0.15, -0.1) is 0 Å². The Morgan fingerprint density at radius 1 is 1.11 bits per heavy atom. The van der Waals surface area contributed by atoms with Gasteiger partial charge in [0.1, 0.15) is 5.75 Å². The lowest BCUT2D eigenvalue weighted by Gasteiger charge is -2.36. The summed E-state index contributed by atoms with van der Waals surface area (Å²) in [5.74, 6) is -1.64. The summed E-state index contributed by atoms with van der Waals surface area (Å²) in [5.41, 5.74) is 5.74. The molecule has 3 rings (SSSR count). The number of benzene rings is 1. The fourth-order valence-corrected chi connectivity index (χ4v) is 6.03. The fourth-order valence-electron chi connectivity index (χ4n) is 6.03. The number of carbonyl (C=O) groups is 2. The molecule has 0 saturated carbocycles. The summed E-state index contributed by atoms with van der Waals surface area (Å²) in [7, 11) is 1.52. The van der Waals surface area contributed by atoms with Crippen LogP contribution in [0.1, 0.15) is 75.5 Å². The highest BCUT2D eigenvalue weighted by molar-refractivity contribution is 6.05. The van der Waals surface area contributed by atoms with Gasteiger partial charge in [0.15, 0.2) is 0 Å². The lowest BCUT2D eigenvalue weighted by molar-refractivity contribution is -0.138. The van der Waals surface area contributed by atoms with Gasteiger partial charge in [-0.05, 0) is 80.3 Å². The predicted molar refractivity (Wildman–Crippen MR) is 138 cm³/mol. The zero-order valence-electron chi connectivity index (χ0n) is 21.8. The second-order valence-corrected chi connectivity index (χ2v) is 10.3. The van der Waals surface area contributed by atoms with E-state index in [0.29, 0.717) is 25.0 Å². The molecule has 0 radical (unpaired) electrons. The zero-order valence-corrected chi connectivity index (χ0v) is 21.8. The van der Waals surface area contributed by atoms with Crippen molar-refractivity contribution < 1.29 is 24.9 Å². The number of phenols is 1. The molecule has 1 aliphatic carbocycles. The summed E-state index contributed by atoms with van der Waals surface area (Å²) in [6, 6.07) is 3.94. The molecule has 1 fully saturated rings. The molecular weight excluding hydrogens is 442 g/mol. The highest BCUT2D eigenvalue weighted by atomic mass is 16.3. The standard InChI is InChI=1S/C29H41NO5/c1-6-8-19(14-20-12-17(3)27(33)18(4)13-20)10-11-24(32)25-21(9-7-2)15-22-26(23(25)16-31)29(35)30(5)28(22)34/h12-14,22-24,26,31-33H,6-11,15-16H2,1-5H3/b19-14+/t22-,23+,24-,26-/m1/s1. The van der Waals surface area contributed by atoms with Crippen molar-refractivity contribution in [2.45, 2.75) is 78.7 Å². The number of aryl methyl sites for hydroxylation is 2. The first-order valence-electron chi connectivity index (χ1n) is 13.0. The van der Waals surface area contributed by atoms with Crippen molar-refractivity contribution in [1.29, 1.82) is 0 Å². The molecule has 192 valence electrons. The number of phenolic OH excluding ortho intramolecular Hbond substituents is 1. The summed E-state index contributed by atoms with van der Waals surface area (Å²) in [5, 5.41) is 31.8. The molecule has 1 aromatic carbocycles. The van der Waals surface area contributed by atoms with Gasteiger partial charge >= 0.3 is 0 Å². The van der Waals surface area contributed by atoms with Gasteiger partial charge in [-0.25, -0.2) is 0 Å². The van der Waals surface area contributed by atoms with Gasteiger partial charge in [0.2, 0.25) is 11.8 Å². The molecule has 2 amide bonds. The SMILES string of the molecule is CCCC1=C([C@H](O)CC/C(=C/c2cc(C)c(O)c(C)c2)CCC)[C@H](CO)[C@@H]2C(=O)N(C)C(=O)[C@@H]2C1. The van der Waals surface area contributed by atoms with E-state index in [9.17, 15) is 24.9 Å². The number of likely N-dealkylation sites (tertiary alicyclic amines) is 1. The minimum atomic E-state index is -0.771. The maximum absolute atomic E-state index is 12.8. The van der Waals surface area contributed by atoms with Crippen molar-refractivity contribution in [2.24, 2.45) is 17.8 Å². The van der Waals surface area contributed by atoms with E-state index >= 15 is 0 Å². The lowest BCUT2D eigenvalue weighted by Crippen LogP contribution is -2.39. The van der Waals surface area contributed by atoms with E-state index in [4.69, 9.17) is 0 Å². The van der Waals surface area contributed by atoms with Crippen LogP contribution in [0, 0.1) is 31.6 Å². The number of rotatable bonds is 10. The molecule has 6 heteroatoms. The molecule has 0 bridgehead atoms. The number of aromatic hydroxyl groups is 1. The summed E-state index contributed by atoms with van der Waals surface area (Å²) in [6.45, 7) is 7.72. The average molecular weight is 484 g/mol. The largest absolute Gasteiger partial charge is 0.507 e. The normalized spacial score (nSPS) is 23.8. The number of nitrogens with zero attached hydrogens (tertiary/aromatic N) is 1. The minimum absolute atomic E-state index is 0.173. The number of hydrogen-bond donors (Lipinski definition) is 3. The van der Waals surface area contributed by atoms with Gasteiger partial charge in [0, 0.05) is 13.0 Å². The molecule has 0 spiro atoms. The number of fused-ring (bicyclic) bond motifs is 1. The number of imide groups is 1. The Kier molecular flexibility index (Phi) is 8.94. The lowest BCUT2D eigenvalue weighted by atomic mass is 9.67. The first-order chi connectivity index (χ1) is 16.6. The van der Waals surface area contributed by atoms with Crippen LogP contribution < -0.4 is 0 Å². The number of aliphatic hydroxyl groups is 2. The molecule has 1 heterocycles. The van der Waals surface area contributed by atoms with E-state index in [-0.39, 0.29) is 18.4 Å². The Labute approximate surface area is 209 Å². The van der Waals surface area contributed by atoms with E-state index in [1.54, 1.807) is 0 Å². The molecular formula is C29H41NO5. The van der Waals surface area contributed by atoms with Crippen LogP contribution in [0.3, 0.4) is 0 Å². The number of amides is 2. The Morgan fingerprint density at radius 2 is 1.77 bits per heavy atom. The third-order valence-electron chi connectivity index (χ3n) is 7.71. The first kappa shape index (κ1) is 27.2. The highest BCUT2D eigenvalue weighted by Gasteiger charge is 2.53. The van der Waals surface area contributed by atoms with E-state index in [1.165, 1.54) is 17.5 Å². The molecule has 1 aliphatic heterocycles. The van der Waals surface area contributed by atoms with E-state index in [1.807, 2.05) is 26.0 Å². The van der Waals surface area contributed by atoms with Crippen LogP contribution in [0.4, 0.5) is 0 Å². The second kappa shape index (κ2) is 11.5. The second-order valence-electron chi connectivity index (χ2n) is 10.3. The third-order valence-corrected chi connectivity index (χ3v) is 7.71. The van der Waals surface area contributed by atoms with Crippen LogP contribution in [0.25, 0.3) is 6.08 Å². The van der Waals surface area contributed by atoms with Crippen LogP contribution in [0.5, 0.6) is 5.75 Å². The number of allylic oxidation sites excluding steroid dienone is 2. The summed E-state index contributed by atoms with van der Waals surface area (Å²) in [6.07, 6.45) is 6.55. The van der Waals surface area contributed by atoms with Crippen molar-refractivity contribution in [3.8, 4) is 5.75 Å². The van der Waals surface area contributed by atoms with Crippen LogP contribution >= 0.6 is 0 Å². The van der Waals surface area contributed by atoms with E-state index in [2.05, 4.69) is 19.9 Å². The Balaban J connectivity index is 1.87. The molecule has 35 heavy (non-hydrogen) atoms. The first-order valence-corrected chi connectivity index (χ1v) is 13.0. The van der Waals surface area contributed by atoms with Crippen LogP contribution in [-0.2, 0) is 9.59 Å². The molecule has 0 aromatic heterocycles. The van der Waals surface area contributed by atoms with Gasteiger partial charge in [-0.2, -0.15) is 0 Å². The molecule has 1 saturated heterocycles. The van der Waals surface area contributed by atoms with Crippen LogP contribution in [0.2, 0.25) is 0 Å². The third kappa shape index (κ3) is 5.54. The molecule has 6 nitrogen and oxygen atoms in total. The molecule has 0 unspecified atom stereocenters. The molecule has 1 aromatic rings. The molecule has 4 atom stereocenters. The zero-order chi connectivity index (χ0) is 25.9. The monoisotopic (exact) mass is 483 g/mol. The number of carbonyl (C=O) groups excluding carboxylic acids is 2. The van der Waals surface area contributed by atoms with E-state index in [0.717, 1.165) is 53.5 Å². The van der Waals surface area contributed by atoms with Gasteiger partial charge in [-0.3, -0.25) is 14.5 Å². The van der Waals surface area contributed by atoms with E-state index < -0.39 is 23.9 Å². The Hall–Kier alpha value is -2.44. The Bertz CT molecular complexity index is 1000. The average Bonchev–Trinajstić information content (AvgIpc) is 3.04. The quantitative estimate of drug-likeness (QED) is 0.332. The van der Waals surface area contributed by atoms with Crippen LogP contribution in [0.15, 0.2) is 28.9 Å².